The predicted molar refractivity (Wildman–Crippen MR) is 112 cm³/mol. The van der Waals surface area contributed by atoms with Gasteiger partial charge in [-0.3, -0.25) is 19.4 Å². The molecule has 3 heterocycles. The first-order valence-corrected chi connectivity index (χ1v) is 10.8. The van der Waals surface area contributed by atoms with Gasteiger partial charge in [-0.2, -0.15) is 0 Å². The molecule has 29 heavy (non-hydrogen) atoms. The molecular weight excluding hydrogens is 368 g/mol. The monoisotopic (exact) mass is 400 g/mol. The molecule has 8 nitrogen and oxygen atoms in total. The summed E-state index contributed by atoms with van der Waals surface area (Å²) in [6.45, 7) is 7.71. The van der Waals surface area contributed by atoms with Gasteiger partial charge in [-0.05, 0) is 25.0 Å². The Morgan fingerprint density at radius 2 is 1.76 bits per heavy atom. The molecule has 4 rings (SSSR count). The summed E-state index contributed by atoms with van der Waals surface area (Å²) in [4.78, 5) is 37.8. The quantitative estimate of drug-likeness (QED) is 0.765. The van der Waals surface area contributed by atoms with Crippen LogP contribution in [-0.2, 0) is 4.79 Å². The first-order valence-electron chi connectivity index (χ1n) is 10.8. The van der Waals surface area contributed by atoms with Gasteiger partial charge in [0.15, 0.2) is 0 Å². The van der Waals surface area contributed by atoms with E-state index in [4.69, 9.17) is 0 Å². The lowest BCUT2D eigenvalue weighted by Gasteiger charge is -2.43. The van der Waals surface area contributed by atoms with Crippen molar-refractivity contribution in [3.05, 3.63) is 23.9 Å². The van der Waals surface area contributed by atoms with Crippen LogP contribution in [-0.4, -0.2) is 103 Å². The van der Waals surface area contributed by atoms with Crippen LogP contribution in [0.15, 0.2) is 18.3 Å². The van der Waals surface area contributed by atoms with E-state index in [0.717, 1.165) is 64.2 Å². The molecule has 1 aromatic heterocycles. The number of nitrogens with one attached hydrogen (secondary N) is 1. The zero-order chi connectivity index (χ0) is 20.2. The molecule has 0 spiro atoms. The van der Waals surface area contributed by atoms with E-state index in [2.05, 4.69) is 25.0 Å². The van der Waals surface area contributed by atoms with Crippen LogP contribution in [0.5, 0.6) is 0 Å². The summed E-state index contributed by atoms with van der Waals surface area (Å²) < 4.78 is 0. The van der Waals surface area contributed by atoms with Gasteiger partial charge < -0.3 is 15.1 Å². The van der Waals surface area contributed by atoms with Crippen LogP contribution in [0.2, 0.25) is 0 Å². The van der Waals surface area contributed by atoms with E-state index >= 15 is 0 Å². The fourth-order valence-electron chi connectivity index (χ4n) is 4.37. The minimum atomic E-state index is -0.124. The SMILES string of the molecule is CNC(=O)c1ccc(N2CCN(CC(=O)N3CCN(C4CCC4)CC3)CC2)nc1. The van der Waals surface area contributed by atoms with Crippen LogP contribution in [0, 0.1) is 0 Å². The first-order chi connectivity index (χ1) is 14.1. The number of piperazine rings is 2. The second-order valence-corrected chi connectivity index (χ2v) is 8.25. The normalized spacial score (nSPS) is 21.7. The maximum absolute atomic E-state index is 12.7. The average Bonchev–Trinajstić information content (AvgIpc) is 2.73. The van der Waals surface area contributed by atoms with Crippen LogP contribution in [0.25, 0.3) is 0 Å². The Hall–Kier alpha value is -2.19. The predicted octanol–water partition coefficient (Wildman–Crippen LogP) is 0.260. The number of hydrogen-bond donors (Lipinski definition) is 1. The van der Waals surface area contributed by atoms with E-state index in [0.29, 0.717) is 12.1 Å². The van der Waals surface area contributed by atoms with E-state index in [9.17, 15) is 9.59 Å². The van der Waals surface area contributed by atoms with Crippen LogP contribution >= 0.6 is 0 Å². The fourth-order valence-corrected chi connectivity index (χ4v) is 4.37. The Balaban J connectivity index is 1.20. The highest BCUT2D eigenvalue weighted by atomic mass is 16.2. The standard InChI is InChI=1S/C21H32N6O2/c1-22-21(29)17-5-6-19(23-15-17)26-9-7-24(8-10-26)16-20(28)27-13-11-25(12-14-27)18-3-2-4-18/h5-6,15,18H,2-4,7-14,16H2,1H3,(H,22,29). The Morgan fingerprint density at radius 1 is 1.03 bits per heavy atom. The second-order valence-electron chi connectivity index (χ2n) is 8.25. The summed E-state index contributed by atoms with van der Waals surface area (Å²) in [5.41, 5.74) is 0.567. The highest BCUT2D eigenvalue weighted by Gasteiger charge is 2.30. The molecular formula is C21H32N6O2. The van der Waals surface area contributed by atoms with E-state index in [1.54, 1.807) is 19.3 Å². The number of carbonyl (C=O) groups is 2. The van der Waals surface area contributed by atoms with E-state index < -0.39 is 0 Å². The largest absolute Gasteiger partial charge is 0.355 e. The van der Waals surface area contributed by atoms with Crippen molar-refractivity contribution in [2.75, 3.05) is 70.9 Å². The number of carbonyl (C=O) groups excluding carboxylic acids is 2. The van der Waals surface area contributed by atoms with Gasteiger partial charge in [-0.15, -0.1) is 0 Å². The van der Waals surface area contributed by atoms with Crippen molar-refractivity contribution in [3.63, 3.8) is 0 Å². The van der Waals surface area contributed by atoms with Gasteiger partial charge in [-0.1, -0.05) is 6.42 Å². The molecule has 1 N–H and O–H groups in total. The number of nitrogens with zero attached hydrogens (tertiary/aromatic N) is 5. The van der Waals surface area contributed by atoms with Gasteiger partial charge in [0.1, 0.15) is 5.82 Å². The molecule has 2 aliphatic heterocycles. The van der Waals surface area contributed by atoms with Gasteiger partial charge in [0.05, 0.1) is 12.1 Å². The Morgan fingerprint density at radius 3 is 2.31 bits per heavy atom. The fraction of sp³-hybridized carbons (Fsp3) is 0.667. The van der Waals surface area contributed by atoms with Crippen molar-refractivity contribution in [2.24, 2.45) is 0 Å². The number of amides is 2. The number of hydrogen-bond acceptors (Lipinski definition) is 6. The molecule has 1 aliphatic carbocycles. The summed E-state index contributed by atoms with van der Waals surface area (Å²) in [6, 6.07) is 4.48. The van der Waals surface area contributed by atoms with Crippen LogP contribution in [0.4, 0.5) is 5.82 Å². The summed E-state index contributed by atoms with van der Waals surface area (Å²) in [5.74, 6) is 1.02. The third-order valence-corrected chi connectivity index (χ3v) is 6.55. The Kier molecular flexibility index (Phi) is 6.30. The lowest BCUT2D eigenvalue weighted by Crippen LogP contribution is -2.56. The van der Waals surface area contributed by atoms with Gasteiger partial charge in [0.25, 0.3) is 5.91 Å². The summed E-state index contributed by atoms with van der Waals surface area (Å²) >= 11 is 0. The van der Waals surface area contributed by atoms with Crippen LogP contribution < -0.4 is 10.2 Å². The molecule has 1 aromatic rings. The molecule has 0 bridgehead atoms. The maximum atomic E-state index is 12.7. The van der Waals surface area contributed by atoms with Gasteiger partial charge >= 0.3 is 0 Å². The molecule has 3 aliphatic rings. The lowest BCUT2D eigenvalue weighted by atomic mass is 9.91. The van der Waals surface area contributed by atoms with E-state index in [-0.39, 0.29) is 11.8 Å². The van der Waals surface area contributed by atoms with Crippen molar-refractivity contribution in [1.82, 2.24) is 25.0 Å². The summed E-state index contributed by atoms with van der Waals surface area (Å²) in [5, 5.41) is 2.61. The molecule has 2 amide bonds. The molecule has 3 fully saturated rings. The third-order valence-electron chi connectivity index (χ3n) is 6.55. The first kappa shape index (κ1) is 20.1. The molecule has 0 radical (unpaired) electrons. The lowest BCUT2D eigenvalue weighted by molar-refractivity contribution is -0.134. The van der Waals surface area contributed by atoms with Crippen LogP contribution in [0.1, 0.15) is 29.6 Å². The topological polar surface area (TPSA) is 72.0 Å². The summed E-state index contributed by atoms with van der Waals surface area (Å²) in [6.07, 6.45) is 5.65. The second kappa shape index (κ2) is 9.09. The highest BCUT2D eigenvalue weighted by Crippen LogP contribution is 2.25. The zero-order valence-electron chi connectivity index (χ0n) is 17.3. The maximum Gasteiger partial charge on any atom is 0.252 e. The minimum Gasteiger partial charge on any atom is -0.355 e. The third kappa shape index (κ3) is 4.70. The minimum absolute atomic E-state index is 0.124. The smallest absolute Gasteiger partial charge is 0.252 e. The molecule has 158 valence electrons. The van der Waals surface area contributed by atoms with Crippen molar-refractivity contribution >= 4 is 17.6 Å². The van der Waals surface area contributed by atoms with Gasteiger partial charge in [-0.25, -0.2) is 4.98 Å². The van der Waals surface area contributed by atoms with E-state index in [1.807, 2.05) is 11.0 Å². The molecule has 0 unspecified atom stereocenters. The number of pyridine rings is 1. The van der Waals surface area contributed by atoms with Crippen molar-refractivity contribution in [3.8, 4) is 0 Å². The van der Waals surface area contributed by atoms with E-state index in [1.165, 1.54) is 19.3 Å². The average molecular weight is 401 g/mol. The van der Waals surface area contributed by atoms with Gasteiger partial charge in [0, 0.05) is 71.6 Å². The molecule has 1 saturated carbocycles. The zero-order valence-corrected chi connectivity index (χ0v) is 17.3. The van der Waals surface area contributed by atoms with Crippen molar-refractivity contribution in [1.29, 1.82) is 0 Å². The van der Waals surface area contributed by atoms with Crippen LogP contribution in [0.3, 0.4) is 0 Å². The summed E-state index contributed by atoms with van der Waals surface area (Å²) in [7, 11) is 1.62. The highest BCUT2D eigenvalue weighted by molar-refractivity contribution is 5.93. The van der Waals surface area contributed by atoms with Crippen molar-refractivity contribution in [2.45, 2.75) is 25.3 Å². The van der Waals surface area contributed by atoms with Crippen molar-refractivity contribution < 1.29 is 9.59 Å². The molecule has 0 aromatic carbocycles. The number of anilines is 1. The molecule has 0 atom stereocenters. The molecule has 8 heteroatoms. The van der Waals surface area contributed by atoms with Gasteiger partial charge in [0.2, 0.25) is 5.91 Å². The Labute approximate surface area is 172 Å². The number of rotatable bonds is 5. The Bertz CT molecular complexity index is 704. The number of aromatic nitrogens is 1. The molecule has 2 saturated heterocycles.